The molecule has 0 radical (unpaired) electrons. The molecule has 0 aromatic heterocycles. The van der Waals surface area contributed by atoms with Gasteiger partial charge in [-0.05, 0) is 27.8 Å². The Morgan fingerprint density at radius 1 is 1.42 bits per heavy atom. The summed E-state index contributed by atoms with van der Waals surface area (Å²) in [5.41, 5.74) is 0. The molecule has 0 N–H and O–H groups in total. The Bertz CT molecular complexity index is 145. The van der Waals surface area contributed by atoms with Gasteiger partial charge in [-0.25, -0.2) is 0 Å². The van der Waals surface area contributed by atoms with E-state index in [2.05, 4.69) is 23.5 Å². The van der Waals surface area contributed by atoms with Crippen LogP contribution in [0.1, 0.15) is 27.2 Å². The monoisotopic (exact) mass is 173 g/mol. The molecule has 0 aromatic carbocycles. The number of ether oxygens (including phenoxy) is 1. The molecule has 1 unspecified atom stereocenters. The van der Waals surface area contributed by atoms with Gasteiger partial charge in [-0.2, -0.15) is 0 Å². The lowest BCUT2D eigenvalue weighted by molar-refractivity contribution is -0.141. The summed E-state index contributed by atoms with van der Waals surface area (Å²) in [6, 6.07) is 0.710. The Morgan fingerprint density at radius 3 is 2.25 bits per heavy atom. The molecule has 72 valence electrons. The molecule has 1 atom stereocenters. The van der Waals surface area contributed by atoms with E-state index in [1.54, 1.807) is 0 Å². The molecule has 0 fully saturated rings. The first-order chi connectivity index (χ1) is 5.49. The molecule has 0 aliphatic rings. The van der Waals surface area contributed by atoms with Gasteiger partial charge in [-0.1, -0.05) is 0 Å². The van der Waals surface area contributed by atoms with Gasteiger partial charge in [0.05, 0.1) is 13.5 Å². The van der Waals surface area contributed by atoms with Crippen LogP contribution in [0.2, 0.25) is 0 Å². The van der Waals surface area contributed by atoms with Gasteiger partial charge >= 0.3 is 5.97 Å². The minimum absolute atomic E-state index is 0.144. The Balaban J connectivity index is 3.86. The lowest BCUT2D eigenvalue weighted by Crippen LogP contribution is -2.36. The summed E-state index contributed by atoms with van der Waals surface area (Å²) in [5.74, 6) is -0.144. The van der Waals surface area contributed by atoms with Gasteiger partial charge in [0.15, 0.2) is 0 Å². The van der Waals surface area contributed by atoms with E-state index in [-0.39, 0.29) is 12.0 Å². The zero-order chi connectivity index (χ0) is 9.72. The molecule has 0 bridgehead atoms. The molecule has 0 aromatic rings. The normalized spacial score (nSPS) is 13.6. The van der Waals surface area contributed by atoms with E-state index < -0.39 is 0 Å². The zero-order valence-electron chi connectivity index (χ0n) is 8.63. The highest BCUT2D eigenvalue weighted by atomic mass is 16.5. The van der Waals surface area contributed by atoms with Crippen molar-refractivity contribution < 1.29 is 9.53 Å². The largest absolute Gasteiger partial charge is 0.469 e. The van der Waals surface area contributed by atoms with Crippen LogP contribution >= 0.6 is 0 Å². The molecule has 0 heterocycles. The molecular formula is C9H19NO2. The standard InChI is InChI=1S/C9H19NO2/c1-7(2)10(4)8(3)6-9(11)12-5/h7-8H,6H2,1-5H3. The fourth-order valence-corrected chi connectivity index (χ4v) is 0.977. The first kappa shape index (κ1) is 11.4. The van der Waals surface area contributed by atoms with Crippen LogP contribution in [-0.2, 0) is 9.53 Å². The molecule has 12 heavy (non-hydrogen) atoms. The summed E-state index contributed by atoms with van der Waals surface area (Å²) in [6.45, 7) is 6.23. The molecular weight excluding hydrogens is 154 g/mol. The van der Waals surface area contributed by atoms with Crippen molar-refractivity contribution in [3.8, 4) is 0 Å². The fraction of sp³-hybridized carbons (Fsp3) is 0.889. The van der Waals surface area contributed by atoms with Crippen molar-refractivity contribution in [3.05, 3.63) is 0 Å². The maximum atomic E-state index is 10.9. The fourth-order valence-electron chi connectivity index (χ4n) is 0.977. The van der Waals surface area contributed by atoms with Crippen molar-refractivity contribution in [3.63, 3.8) is 0 Å². The molecule has 3 heteroatoms. The van der Waals surface area contributed by atoms with E-state index in [4.69, 9.17) is 0 Å². The predicted molar refractivity (Wildman–Crippen MR) is 49.0 cm³/mol. The molecule has 0 rings (SSSR count). The molecule has 3 nitrogen and oxygen atoms in total. The van der Waals surface area contributed by atoms with Crippen LogP contribution in [0.4, 0.5) is 0 Å². The lowest BCUT2D eigenvalue weighted by atomic mass is 10.2. The predicted octanol–water partition coefficient (Wildman–Crippen LogP) is 1.28. The number of nitrogens with zero attached hydrogens (tertiary/aromatic N) is 1. The second-order valence-corrected chi connectivity index (χ2v) is 3.39. The van der Waals surface area contributed by atoms with Crippen LogP contribution in [-0.4, -0.2) is 37.1 Å². The smallest absolute Gasteiger partial charge is 0.307 e. The van der Waals surface area contributed by atoms with Crippen LogP contribution in [0.5, 0.6) is 0 Å². The van der Waals surface area contributed by atoms with Gasteiger partial charge in [-0.15, -0.1) is 0 Å². The van der Waals surface area contributed by atoms with Crippen LogP contribution in [0.3, 0.4) is 0 Å². The maximum absolute atomic E-state index is 10.9. The van der Waals surface area contributed by atoms with Crippen molar-refractivity contribution in [1.29, 1.82) is 0 Å². The molecule has 0 aliphatic carbocycles. The topological polar surface area (TPSA) is 29.5 Å². The number of hydrogen-bond donors (Lipinski definition) is 0. The van der Waals surface area contributed by atoms with E-state index >= 15 is 0 Å². The summed E-state index contributed by atoms with van der Waals surface area (Å²) >= 11 is 0. The van der Waals surface area contributed by atoms with E-state index in [1.165, 1.54) is 7.11 Å². The van der Waals surface area contributed by atoms with E-state index in [9.17, 15) is 4.79 Å². The Labute approximate surface area is 74.7 Å². The van der Waals surface area contributed by atoms with Crippen molar-refractivity contribution >= 4 is 5.97 Å². The van der Waals surface area contributed by atoms with Crippen molar-refractivity contribution in [2.45, 2.75) is 39.3 Å². The summed E-state index contributed by atoms with van der Waals surface area (Å²) in [6.07, 6.45) is 0.463. The Morgan fingerprint density at radius 2 is 1.92 bits per heavy atom. The van der Waals surface area contributed by atoms with E-state index in [0.717, 1.165) is 0 Å². The van der Waals surface area contributed by atoms with Crippen molar-refractivity contribution in [2.24, 2.45) is 0 Å². The highest BCUT2D eigenvalue weighted by Gasteiger charge is 2.15. The third-order valence-corrected chi connectivity index (χ3v) is 2.20. The zero-order valence-corrected chi connectivity index (χ0v) is 8.63. The lowest BCUT2D eigenvalue weighted by Gasteiger charge is -2.27. The minimum Gasteiger partial charge on any atom is -0.469 e. The number of methoxy groups -OCH3 is 1. The maximum Gasteiger partial charge on any atom is 0.307 e. The van der Waals surface area contributed by atoms with Crippen LogP contribution in [0.15, 0.2) is 0 Å². The molecule has 0 saturated heterocycles. The SMILES string of the molecule is COC(=O)CC(C)N(C)C(C)C. The summed E-state index contributed by atoms with van der Waals surface area (Å²) in [5, 5.41) is 0. The highest BCUT2D eigenvalue weighted by molar-refractivity contribution is 5.69. The van der Waals surface area contributed by atoms with Gasteiger partial charge in [0.25, 0.3) is 0 Å². The first-order valence-corrected chi connectivity index (χ1v) is 4.27. The first-order valence-electron chi connectivity index (χ1n) is 4.27. The quantitative estimate of drug-likeness (QED) is 0.600. The highest BCUT2D eigenvalue weighted by Crippen LogP contribution is 2.05. The average molecular weight is 173 g/mol. The third kappa shape index (κ3) is 3.72. The van der Waals surface area contributed by atoms with E-state index in [0.29, 0.717) is 12.5 Å². The number of esters is 1. The molecule has 0 spiro atoms. The number of rotatable bonds is 4. The van der Waals surface area contributed by atoms with Crippen molar-refractivity contribution in [2.75, 3.05) is 14.2 Å². The molecule has 0 saturated carbocycles. The van der Waals surface area contributed by atoms with Gasteiger partial charge in [0, 0.05) is 12.1 Å². The van der Waals surface area contributed by atoms with Crippen LogP contribution in [0.25, 0.3) is 0 Å². The Kier molecular flexibility index (Phi) is 4.90. The molecule has 0 aliphatic heterocycles. The minimum atomic E-state index is -0.144. The van der Waals surface area contributed by atoms with Gasteiger partial charge < -0.3 is 9.64 Å². The number of carbonyl (C=O) groups is 1. The van der Waals surface area contributed by atoms with Crippen LogP contribution in [0, 0.1) is 0 Å². The summed E-state index contributed by atoms with van der Waals surface area (Å²) in [4.78, 5) is 13.1. The van der Waals surface area contributed by atoms with Crippen LogP contribution < -0.4 is 0 Å². The number of carbonyl (C=O) groups excluding carboxylic acids is 1. The van der Waals surface area contributed by atoms with Gasteiger partial charge in [0.2, 0.25) is 0 Å². The summed E-state index contributed by atoms with van der Waals surface area (Å²) in [7, 11) is 3.43. The van der Waals surface area contributed by atoms with Gasteiger partial charge in [-0.3, -0.25) is 4.79 Å². The second kappa shape index (κ2) is 5.14. The summed E-state index contributed by atoms with van der Waals surface area (Å²) < 4.78 is 4.59. The van der Waals surface area contributed by atoms with E-state index in [1.807, 2.05) is 14.0 Å². The third-order valence-electron chi connectivity index (χ3n) is 2.20. The van der Waals surface area contributed by atoms with Crippen molar-refractivity contribution in [1.82, 2.24) is 4.90 Å². The Hall–Kier alpha value is -0.570. The average Bonchev–Trinajstić information content (AvgIpc) is 2.02. The number of hydrogen-bond acceptors (Lipinski definition) is 3. The van der Waals surface area contributed by atoms with Gasteiger partial charge in [0.1, 0.15) is 0 Å². The second-order valence-electron chi connectivity index (χ2n) is 3.39. The molecule has 0 amide bonds.